The third-order valence-corrected chi connectivity index (χ3v) is 1.99. The summed E-state index contributed by atoms with van der Waals surface area (Å²) in [5, 5.41) is 0.899. The van der Waals surface area contributed by atoms with Crippen molar-refractivity contribution in [2.24, 2.45) is 0 Å². The first kappa shape index (κ1) is 8.84. The molecule has 0 radical (unpaired) electrons. The molecule has 6 heteroatoms. The second kappa shape index (κ2) is 3.01. The summed E-state index contributed by atoms with van der Waals surface area (Å²) in [7, 11) is 0. The maximum Gasteiger partial charge on any atom is 0.258 e. The number of amides is 2. The van der Waals surface area contributed by atoms with Gasteiger partial charge in [-0.3, -0.25) is 14.9 Å². The summed E-state index contributed by atoms with van der Waals surface area (Å²) in [6, 6.07) is 0. The van der Waals surface area contributed by atoms with Gasteiger partial charge in [0.05, 0.1) is 5.57 Å². The first-order valence-electron chi connectivity index (χ1n) is 2.58. The zero-order valence-corrected chi connectivity index (χ0v) is 7.30. The molecule has 0 bridgehead atoms. The molecular formula is C5H2Cl3NO2. The van der Waals surface area contributed by atoms with Crippen LogP contribution in [0.2, 0.25) is 0 Å². The monoisotopic (exact) mass is 213 g/mol. The number of carbonyl (C=O) groups is 2. The lowest BCUT2D eigenvalue weighted by atomic mass is 10.2. The molecule has 0 aromatic heterocycles. The predicted octanol–water partition coefficient (Wildman–Crippen LogP) is 0.939. The summed E-state index contributed by atoms with van der Waals surface area (Å²) in [6.07, 6.45) is 0. The number of imide groups is 1. The second-order valence-electron chi connectivity index (χ2n) is 1.86. The van der Waals surface area contributed by atoms with Crippen LogP contribution in [0.1, 0.15) is 0 Å². The van der Waals surface area contributed by atoms with Gasteiger partial charge in [0, 0.05) is 0 Å². The fourth-order valence-electron chi connectivity index (χ4n) is 0.670. The summed E-state index contributed by atoms with van der Waals surface area (Å²) >= 11 is 16.0. The minimum Gasteiger partial charge on any atom is -0.291 e. The van der Waals surface area contributed by atoms with E-state index < -0.39 is 17.2 Å². The van der Waals surface area contributed by atoms with Gasteiger partial charge in [-0.05, 0) is 0 Å². The van der Waals surface area contributed by atoms with Crippen molar-refractivity contribution >= 4 is 46.6 Å². The topological polar surface area (TPSA) is 46.2 Å². The normalized spacial score (nSPS) is 23.9. The molecule has 1 N–H and O–H groups in total. The van der Waals surface area contributed by atoms with Crippen LogP contribution < -0.4 is 5.32 Å². The fourth-order valence-corrected chi connectivity index (χ4v) is 1.43. The highest BCUT2D eigenvalue weighted by atomic mass is 35.5. The van der Waals surface area contributed by atoms with Crippen LogP contribution in [0.3, 0.4) is 0 Å². The van der Waals surface area contributed by atoms with Crippen LogP contribution in [-0.2, 0) is 9.59 Å². The first-order valence-corrected chi connectivity index (χ1v) is 3.77. The van der Waals surface area contributed by atoms with Gasteiger partial charge in [-0.15, -0.1) is 11.6 Å². The van der Waals surface area contributed by atoms with Gasteiger partial charge < -0.3 is 0 Å². The third-order valence-electron chi connectivity index (χ3n) is 1.17. The first-order chi connectivity index (χ1) is 5.04. The van der Waals surface area contributed by atoms with E-state index in [0.717, 1.165) is 0 Å². The SMILES string of the molecule is O=C1NC(=O)C(Cl)C1=C(Cl)Cl. The highest BCUT2D eigenvalue weighted by molar-refractivity contribution is 6.59. The molecule has 1 aliphatic rings. The minimum atomic E-state index is -1.06. The Bertz CT molecular complexity index is 256. The molecule has 1 atom stereocenters. The lowest BCUT2D eigenvalue weighted by molar-refractivity contribution is -0.124. The summed E-state index contributed by atoms with van der Waals surface area (Å²) in [5.41, 5.74) is -0.0833. The van der Waals surface area contributed by atoms with Crippen molar-refractivity contribution in [3.05, 3.63) is 10.1 Å². The molecule has 60 valence electrons. The molecule has 2 amide bonds. The molecule has 1 heterocycles. The number of hydrogen-bond donors (Lipinski definition) is 1. The van der Waals surface area contributed by atoms with Crippen molar-refractivity contribution in [2.75, 3.05) is 0 Å². The number of rotatable bonds is 0. The lowest BCUT2D eigenvalue weighted by Gasteiger charge is -1.94. The van der Waals surface area contributed by atoms with Crippen LogP contribution in [0.25, 0.3) is 0 Å². The lowest BCUT2D eigenvalue weighted by Crippen LogP contribution is -2.21. The van der Waals surface area contributed by atoms with Gasteiger partial charge in [-0.1, -0.05) is 23.2 Å². The van der Waals surface area contributed by atoms with E-state index in [9.17, 15) is 9.59 Å². The van der Waals surface area contributed by atoms with E-state index in [4.69, 9.17) is 34.8 Å². The quantitative estimate of drug-likeness (QED) is 0.371. The van der Waals surface area contributed by atoms with Crippen molar-refractivity contribution in [1.82, 2.24) is 5.32 Å². The second-order valence-corrected chi connectivity index (χ2v) is 3.24. The Kier molecular flexibility index (Phi) is 2.42. The van der Waals surface area contributed by atoms with Crippen LogP contribution in [0, 0.1) is 0 Å². The van der Waals surface area contributed by atoms with Crippen molar-refractivity contribution in [1.29, 1.82) is 0 Å². The Labute approximate surface area is 77.3 Å². The predicted molar refractivity (Wildman–Crippen MR) is 41.5 cm³/mol. The smallest absolute Gasteiger partial charge is 0.258 e. The Hall–Kier alpha value is -0.250. The Morgan fingerprint density at radius 1 is 1.36 bits per heavy atom. The maximum absolute atomic E-state index is 10.8. The summed E-state index contributed by atoms with van der Waals surface area (Å²) in [6.45, 7) is 0. The zero-order chi connectivity index (χ0) is 8.59. The number of alkyl halides is 1. The molecule has 0 spiro atoms. The Morgan fingerprint density at radius 3 is 2.09 bits per heavy atom. The van der Waals surface area contributed by atoms with Crippen LogP contribution in [0.15, 0.2) is 10.1 Å². The van der Waals surface area contributed by atoms with Crippen LogP contribution in [0.4, 0.5) is 0 Å². The minimum absolute atomic E-state index is 0.0833. The van der Waals surface area contributed by atoms with Crippen LogP contribution >= 0.6 is 34.8 Å². The van der Waals surface area contributed by atoms with Gasteiger partial charge in [-0.2, -0.15) is 0 Å². The van der Waals surface area contributed by atoms with Crippen molar-refractivity contribution in [2.45, 2.75) is 5.38 Å². The van der Waals surface area contributed by atoms with Crippen LogP contribution in [0.5, 0.6) is 0 Å². The number of hydrogen-bond acceptors (Lipinski definition) is 2. The largest absolute Gasteiger partial charge is 0.291 e. The van der Waals surface area contributed by atoms with Gasteiger partial charge in [-0.25, -0.2) is 0 Å². The molecule has 0 aromatic rings. The molecule has 1 saturated heterocycles. The Morgan fingerprint density at radius 2 is 1.91 bits per heavy atom. The Balaban J connectivity index is 3.08. The molecular weight excluding hydrogens is 212 g/mol. The highest BCUT2D eigenvalue weighted by Gasteiger charge is 2.36. The van der Waals surface area contributed by atoms with Gasteiger partial charge in [0.25, 0.3) is 5.91 Å². The fraction of sp³-hybridized carbons (Fsp3) is 0.200. The van der Waals surface area contributed by atoms with Gasteiger partial charge in [0.1, 0.15) is 9.87 Å². The summed E-state index contributed by atoms with van der Waals surface area (Å²) < 4.78 is -0.270. The highest BCUT2D eigenvalue weighted by Crippen LogP contribution is 2.25. The molecule has 0 saturated carbocycles. The average molecular weight is 214 g/mol. The van der Waals surface area contributed by atoms with E-state index in [1.165, 1.54) is 0 Å². The molecule has 11 heavy (non-hydrogen) atoms. The van der Waals surface area contributed by atoms with Crippen LogP contribution in [-0.4, -0.2) is 17.2 Å². The van der Waals surface area contributed by atoms with Crippen molar-refractivity contribution < 1.29 is 9.59 Å². The molecule has 0 aromatic carbocycles. The third kappa shape index (κ3) is 1.50. The molecule has 1 unspecified atom stereocenters. The zero-order valence-electron chi connectivity index (χ0n) is 5.03. The van der Waals surface area contributed by atoms with E-state index in [0.29, 0.717) is 0 Å². The summed E-state index contributed by atoms with van der Waals surface area (Å²) in [4.78, 5) is 21.5. The van der Waals surface area contributed by atoms with E-state index in [1.807, 2.05) is 5.32 Å². The summed E-state index contributed by atoms with van der Waals surface area (Å²) in [5.74, 6) is -1.22. The van der Waals surface area contributed by atoms with Gasteiger partial charge in [0.15, 0.2) is 0 Å². The molecule has 0 aliphatic carbocycles. The van der Waals surface area contributed by atoms with E-state index in [2.05, 4.69) is 0 Å². The molecule has 1 aliphatic heterocycles. The standard InChI is InChI=1S/C5H2Cl3NO2/c6-2-1(3(7)8)4(10)9-5(2)11/h2H,(H,9,10,11). The van der Waals surface area contributed by atoms with E-state index in [1.54, 1.807) is 0 Å². The molecule has 1 fully saturated rings. The van der Waals surface area contributed by atoms with Gasteiger partial charge >= 0.3 is 0 Å². The maximum atomic E-state index is 10.8. The van der Waals surface area contributed by atoms with Crippen molar-refractivity contribution in [3.8, 4) is 0 Å². The number of carbonyl (C=O) groups excluding carboxylic acids is 2. The van der Waals surface area contributed by atoms with Gasteiger partial charge in [0.2, 0.25) is 5.91 Å². The molecule has 3 nitrogen and oxygen atoms in total. The van der Waals surface area contributed by atoms with Crippen molar-refractivity contribution in [3.63, 3.8) is 0 Å². The van der Waals surface area contributed by atoms with E-state index >= 15 is 0 Å². The number of halogens is 3. The number of nitrogens with one attached hydrogen (secondary N) is 1. The van der Waals surface area contributed by atoms with E-state index in [-0.39, 0.29) is 10.1 Å². The molecule has 1 rings (SSSR count). The average Bonchev–Trinajstić information content (AvgIpc) is 2.07.